The summed E-state index contributed by atoms with van der Waals surface area (Å²) in [5.41, 5.74) is 6.80. The maximum Gasteiger partial charge on any atom is 0.243 e. The zero-order chi connectivity index (χ0) is 14.9. The number of aromatic amines is 1. The maximum absolute atomic E-state index is 12.2. The lowest BCUT2D eigenvalue weighted by atomic mass is 10.2. The quantitative estimate of drug-likeness (QED) is 0.696. The first-order valence-electron chi connectivity index (χ1n) is 5.87. The molecule has 7 nitrogen and oxygen atoms in total. The lowest BCUT2D eigenvalue weighted by Gasteiger charge is -2.11. The summed E-state index contributed by atoms with van der Waals surface area (Å²) in [6, 6.07) is 4.96. The molecular formula is C12H16N4O3S. The van der Waals surface area contributed by atoms with Gasteiger partial charge in [-0.1, -0.05) is 0 Å². The van der Waals surface area contributed by atoms with Gasteiger partial charge in [-0.3, -0.25) is 4.79 Å². The van der Waals surface area contributed by atoms with E-state index in [2.05, 4.69) is 9.71 Å². The van der Waals surface area contributed by atoms with Gasteiger partial charge in [-0.15, -0.1) is 0 Å². The van der Waals surface area contributed by atoms with Crippen molar-refractivity contribution in [2.75, 3.05) is 26.4 Å². The van der Waals surface area contributed by atoms with Crippen LogP contribution in [0.25, 0.3) is 10.9 Å². The van der Waals surface area contributed by atoms with Crippen LogP contribution in [-0.4, -0.2) is 44.8 Å². The van der Waals surface area contributed by atoms with Crippen LogP contribution in [0, 0.1) is 0 Å². The van der Waals surface area contributed by atoms with Crippen molar-refractivity contribution in [1.82, 2.24) is 14.6 Å². The highest BCUT2D eigenvalue weighted by Gasteiger charge is 2.20. The molecule has 0 saturated carbocycles. The zero-order valence-electron chi connectivity index (χ0n) is 11.2. The van der Waals surface area contributed by atoms with Crippen molar-refractivity contribution in [3.05, 3.63) is 24.4 Å². The van der Waals surface area contributed by atoms with Gasteiger partial charge in [0.05, 0.1) is 6.54 Å². The molecule has 0 aliphatic carbocycles. The minimum absolute atomic E-state index is 0.0753. The summed E-state index contributed by atoms with van der Waals surface area (Å²) in [7, 11) is -0.656. The normalized spacial score (nSPS) is 11.7. The molecule has 0 aliphatic heterocycles. The molecule has 2 aromatic rings. The number of likely N-dealkylation sites (N-methyl/N-ethyl adjacent to an activating group) is 1. The average Bonchev–Trinajstić information content (AvgIpc) is 2.79. The zero-order valence-corrected chi connectivity index (χ0v) is 12.0. The fourth-order valence-corrected chi connectivity index (χ4v) is 2.87. The van der Waals surface area contributed by atoms with Gasteiger partial charge in [0.25, 0.3) is 0 Å². The van der Waals surface area contributed by atoms with Crippen molar-refractivity contribution in [2.24, 2.45) is 0 Å². The predicted octanol–water partition coefficient (Wildman–Crippen LogP) is 0.117. The number of nitrogens with zero attached hydrogens (tertiary/aromatic N) is 1. The third-order valence-corrected chi connectivity index (χ3v) is 4.31. The summed E-state index contributed by atoms with van der Waals surface area (Å²) in [6.07, 6.45) is 1.38. The number of fused-ring (bicyclic) bond motifs is 1. The van der Waals surface area contributed by atoms with Crippen molar-refractivity contribution in [1.29, 1.82) is 0 Å². The van der Waals surface area contributed by atoms with Gasteiger partial charge < -0.3 is 15.6 Å². The summed E-state index contributed by atoms with van der Waals surface area (Å²) >= 11 is 0. The van der Waals surface area contributed by atoms with Gasteiger partial charge in [0, 0.05) is 36.9 Å². The Morgan fingerprint density at radius 2 is 2.10 bits per heavy atom. The van der Waals surface area contributed by atoms with E-state index in [0.29, 0.717) is 16.6 Å². The first kappa shape index (κ1) is 14.4. The number of anilines is 1. The molecule has 0 radical (unpaired) electrons. The number of nitrogens with one attached hydrogen (secondary N) is 2. The largest absolute Gasteiger partial charge is 0.399 e. The van der Waals surface area contributed by atoms with Crippen molar-refractivity contribution < 1.29 is 13.2 Å². The number of benzene rings is 1. The summed E-state index contributed by atoms with van der Waals surface area (Å²) < 4.78 is 26.7. The Labute approximate surface area is 116 Å². The number of rotatable bonds is 4. The van der Waals surface area contributed by atoms with E-state index in [-0.39, 0.29) is 17.3 Å². The van der Waals surface area contributed by atoms with E-state index in [9.17, 15) is 13.2 Å². The lowest BCUT2D eigenvalue weighted by molar-refractivity contribution is -0.127. The summed E-state index contributed by atoms with van der Waals surface area (Å²) in [5, 5.41) is 0.495. The Hall–Kier alpha value is -2.06. The molecule has 0 saturated heterocycles. The van der Waals surface area contributed by atoms with Gasteiger partial charge in [-0.25, -0.2) is 13.1 Å². The molecule has 1 aromatic heterocycles. The molecule has 0 atom stereocenters. The number of nitrogens with two attached hydrogens (primary N) is 1. The van der Waals surface area contributed by atoms with E-state index in [1.165, 1.54) is 11.1 Å². The predicted molar refractivity (Wildman–Crippen MR) is 76.6 cm³/mol. The van der Waals surface area contributed by atoms with E-state index in [1.807, 2.05) is 0 Å². The molecule has 20 heavy (non-hydrogen) atoms. The van der Waals surface area contributed by atoms with Crippen LogP contribution in [0.3, 0.4) is 0 Å². The highest BCUT2D eigenvalue weighted by molar-refractivity contribution is 7.89. The first-order chi connectivity index (χ1) is 9.31. The molecule has 0 fully saturated rings. The molecule has 8 heteroatoms. The van der Waals surface area contributed by atoms with E-state index in [1.54, 1.807) is 32.3 Å². The van der Waals surface area contributed by atoms with Gasteiger partial charge >= 0.3 is 0 Å². The number of sulfonamides is 1. The van der Waals surface area contributed by atoms with E-state index >= 15 is 0 Å². The van der Waals surface area contributed by atoms with E-state index < -0.39 is 10.0 Å². The number of amides is 1. The molecule has 1 aromatic carbocycles. The molecule has 0 bridgehead atoms. The van der Waals surface area contributed by atoms with Crippen molar-refractivity contribution in [3.63, 3.8) is 0 Å². The Bertz CT molecular complexity index is 749. The topological polar surface area (TPSA) is 108 Å². The van der Waals surface area contributed by atoms with Crippen molar-refractivity contribution in [2.45, 2.75) is 4.90 Å². The number of hydrogen-bond acceptors (Lipinski definition) is 4. The van der Waals surface area contributed by atoms with Gasteiger partial charge in [0.15, 0.2) is 0 Å². The van der Waals surface area contributed by atoms with Gasteiger partial charge in [-0.05, 0) is 18.2 Å². The highest BCUT2D eigenvalue weighted by atomic mass is 32.2. The fraction of sp³-hybridized carbons (Fsp3) is 0.250. The molecule has 2 rings (SSSR count). The molecule has 4 N–H and O–H groups in total. The molecule has 1 heterocycles. The Morgan fingerprint density at radius 3 is 2.75 bits per heavy atom. The standard InChI is InChI=1S/C12H16N4O3S/c1-16(2)12(17)7-15-20(18,19)11-6-14-10-4-3-8(13)5-9(10)11/h3-6,14-15H,7,13H2,1-2H3. The van der Waals surface area contributed by atoms with Gasteiger partial charge in [0.2, 0.25) is 15.9 Å². The minimum Gasteiger partial charge on any atom is -0.399 e. The summed E-state index contributed by atoms with van der Waals surface area (Å²) in [4.78, 5) is 15.7. The second-order valence-corrected chi connectivity index (χ2v) is 6.31. The molecule has 0 unspecified atom stereocenters. The molecular weight excluding hydrogens is 280 g/mol. The van der Waals surface area contributed by atoms with Crippen LogP contribution in [0.2, 0.25) is 0 Å². The fourth-order valence-electron chi connectivity index (χ4n) is 1.73. The SMILES string of the molecule is CN(C)C(=O)CNS(=O)(=O)c1c[nH]c2ccc(N)cc12. The Morgan fingerprint density at radius 1 is 1.40 bits per heavy atom. The highest BCUT2D eigenvalue weighted by Crippen LogP contribution is 2.24. The van der Waals surface area contributed by atoms with E-state index in [4.69, 9.17) is 5.73 Å². The first-order valence-corrected chi connectivity index (χ1v) is 7.36. The van der Waals surface area contributed by atoms with Crippen molar-refractivity contribution in [3.8, 4) is 0 Å². The molecule has 0 spiro atoms. The van der Waals surface area contributed by atoms with Crippen LogP contribution in [0.4, 0.5) is 5.69 Å². The lowest BCUT2D eigenvalue weighted by Crippen LogP contribution is -2.36. The number of H-pyrrole nitrogens is 1. The van der Waals surface area contributed by atoms with Crippen LogP contribution in [-0.2, 0) is 14.8 Å². The third kappa shape index (κ3) is 2.75. The molecule has 108 valence electrons. The van der Waals surface area contributed by atoms with Crippen LogP contribution in [0.1, 0.15) is 0 Å². The summed E-state index contributed by atoms with van der Waals surface area (Å²) in [6.45, 7) is -0.287. The smallest absolute Gasteiger partial charge is 0.243 e. The van der Waals surface area contributed by atoms with Crippen molar-refractivity contribution >= 4 is 32.5 Å². The number of nitrogen functional groups attached to an aromatic ring is 1. The van der Waals surface area contributed by atoms with Gasteiger partial charge in [0.1, 0.15) is 4.90 Å². The third-order valence-electron chi connectivity index (χ3n) is 2.87. The number of hydrogen-bond donors (Lipinski definition) is 3. The molecule has 1 amide bonds. The molecule has 0 aliphatic rings. The van der Waals surface area contributed by atoms with Gasteiger partial charge in [-0.2, -0.15) is 0 Å². The maximum atomic E-state index is 12.2. The monoisotopic (exact) mass is 296 g/mol. The van der Waals surface area contributed by atoms with Crippen LogP contribution < -0.4 is 10.5 Å². The minimum atomic E-state index is -3.77. The van der Waals surface area contributed by atoms with Crippen LogP contribution in [0.15, 0.2) is 29.3 Å². The average molecular weight is 296 g/mol. The van der Waals surface area contributed by atoms with Crippen LogP contribution >= 0.6 is 0 Å². The van der Waals surface area contributed by atoms with E-state index in [0.717, 1.165) is 0 Å². The van der Waals surface area contributed by atoms with Crippen LogP contribution in [0.5, 0.6) is 0 Å². The Balaban J connectivity index is 2.32. The number of aromatic nitrogens is 1. The second-order valence-electron chi connectivity index (χ2n) is 4.57. The number of carbonyl (C=O) groups excluding carboxylic acids is 1. The second kappa shape index (κ2) is 5.14. The summed E-state index contributed by atoms with van der Waals surface area (Å²) in [5.74, 6) is -0.326. The number of carbonyl (C=O) groups is 1. The Kier molecular flexibility index (Phi) is 3.69.